The van der Waals surface area contributed by atoms with E-state index in [1.807, 2.05) is 6.07 Å². The summed E-state index contributed by atoms with van der Waals surface area (Å²) in [7, 11) is 0. The van der Waals surface area contributed by atoms with Gasteiger partial charge < -0.3 is 10.2 Å². The van der Waals surface area contributed by atoms with E-state index in [4.69, 9.17) is 0 Å². The molecule has 1 aliphatic heterocycles. The standard InChI is InChI=1S/C18H28N2O/c1-4-11-20(12-5-2)13-10-14-8-7-9-16-17(14)18(21)15(6-3)19-16/h7-9,15,19H,4-6,10-13H2,1-3H3. The lowest BCUT2D eigenvalue weighted by molar-refractivity contribution is 0.0977. The number of nitrogens with zero attached hydrogens (tertiary/aromatic N) is 1. The van der Waals surface area contributed by atoms with Gasteiger partial charge in [0.1, 0.15) is 0 Å². The van der Waals surface area contributed by atoms with Crippen molar-refractivity contribution in [2.24, 2.45) is 0 Å². The first kappa shape index (κ1) is 16.0. The molecule has 1 heterocycles. The first-order chi connectivity index (χ1) is 10.2. The molecule has 0 radical (unpaired) electrons. The number of carbonyl (C=O) groups is 1. The van der Waals surface area contributed by atoms with E-state index in [1.165, 1.54) is 18.4 Å². The largest absolute Gasteiger partial charge is 0.374 e. The minimum atomic E-state index is -0.0245. The summed E-state index contributed by atoms with van der Waals surface area (Å²) >= 11 is 0. The number of hydrogen-bond donors (Lipinski definition) is 1. The first-order valence-electron chi connectivity index (χ1n) is 8.36. The minimum Gasteiger partial charge on any atom is -0.374 e. The summed E-state index contributed by atoms with van der Waals surface area (Å²) in [5, 5.41) is 3.35. The van der Waals surface area contributed by atoms with Crippen molar-refractivity contribution in [2.45, 2.75) is 52.5 Å². The number of carbonyl (C=O) groups excluding carboxylic acids is 1. The van der Waals surface area contributed by atoms with Gasteiger partial charge in [-0.3, -0.25) is 4.79 Å². The second kappa shape index (κ2) is 7.60. The minimum absolute atomic E-state index is 0.0245. The topological polar surface area (TPSA) is 32.3 Å². The molecule has 1 atom stereocenters. The highest BCUT2D eigenvalue weighted by atomic mass is 16.1. The van der Waals surface area contributed by atoms with Crippen LogP contribution in [0.5, 0.6) is 0 Å². The molecular formula is C18H28N2O. The number of Topliss-reactive ketones (excluding diaryl/α,β-unsaturated/α-hetero) is 1. The summed E-state index contributed by atoms with van der Waals surface area (Å²) in [6.45, 7) is 9.84. The van der Waals surface area contributed by atoms with Crippen molar-refractivity contribution < 1.29 is 4.79 Å². The van der Waals surface area contributed by atoms with Crippen LogP contribution in [0.1, 0.15) is 56.0 Å². The molecule has 0 spiro atoms. The summed E-state index contributed by atoms with van der Waals surface area (Å²) in [4.78, 5) is 15.0. The van der Waals surface area contributed by atoms with Gasteiger partial charge in [0.2, 0.25) is 0 Å². The van der Waals surface area contributed by atoms with E-state index < -0.39 is 0 Å². The fraction of sp³-hybridized carbons (Fsp3) is 0.611. The van der Waals surface area contributed by atoms with Gasteiger partial charge in [-0.1, -0.05) is 32.9 Å². The van der Waals surface area contributed by atoms with Crippen LogP contribution in [-0.2, 0) is 6.42 Å². The molecule has 0 bridgehead atoms. The molecule has 1 unspecified atom stereocenters. The summed E-state index contributed by atoms with van der Waals surface area (Å²) in [6.07, 6.45) is 4.19. The summed E-state index contributed by atoms with van der Waals surface area (Å²) < 4.78 is 0. The molecule has 1 aromatic rings. The number of hydrogen-bond acceptors (Lipinski definition) is 3. The Bertz CT molecular complexity index is 478. The second-order valence-corrected chi connectivity index (χ2v) is 5.90. The molecule has 3 nitrogen and oxygen atoms in total. The molecule has 0 saturated heterocycles. The molecule has 21 heavy (non-hydrogen) atoms. The van der Waals surface area contributed by atoms with Crippen molar-refractivity contribution in [3.05, 3.63) is 29.3 Å². The lowest BCUT2D eigenvalue weighted by Crippen LogP contribution is -2.28. The van der Waals surface area contributed by atoms with E-state index in [1.54, 1.807) is 0 Å². The molecule has 2 rings (SSSR count). The first-order valence-corrected chi connectivity index (χ1v) is 8.36. The molecule has 116 valence electrons. The molecule has 0 aliphatic carbocycles. The van der Waals surface area contributed by atoms with E-state index in [2.05, 4.69) is 43.1 Å². The van der Waals surface area contributed by atoms with E-state index in [9.17, 15) is 4.79 Å². The Morgan fingerprint density at radius 1 is 1.10 bits per heavy atom. The maximum atomic E-state index is 12.5. The molecular weight excluding hydrogens is 260 g/mol. The summed E-state index contributed by atoms with van der Waals surface area (Å²) in [5.41, 5.74) is 3.18. The third kappa shape index (κ3) is 3.65. The predicted molar refractivity (Wildman–Crippen MR) is 89.2 cm³/mol. The van der Waals surface area contributed by atoms with Gasteiger partial charge in [-0.05, 0) is 50.4 Å². The predicted octanol–water partition coefficient (Wildman–Crippen LogP) is 3.74. The third-order valence-electron chi connectivity index (χ3n) is 4.23. The van der Waals surface area contributed by atoms with Gasteiger partial charge in [-0.25, -0.2) is 0 Å². The monoisotopic (exact) mass is 288 g/mol. The lowest BCUT2D eigenvalue weighted by atomic mass is 9.98. The number of rotatable bonds is 8. The van der Waals surface area contributed by atoms with Crippen molar-refractivity contribution in [2.75, 3.05) is 25.0 Å². The SMILES string of the molecule is CCCN(CCC)CCc1cccc2c1C(=O)C(CC)N2. The Labute approximate surface area is 128 Å². The molecule has 1 N–H and O–H groups in total. The van der Waals surface area contributed by atoms with Gasteiger partial charge in [-0.15, -0.1) is 0 Å². The fourth-order valence-corrected chi connectivity index (χ4v) is 3.18. The molecule has 0 fully saturated rings. The van der Waals surface area contributed by atoms with Crippen LogP contribution >= 0.6 is 0 Å². The zero-order chi connectivity index (χ0) is 15.2. The highest BCUT2D eigenvalue weighted by Crippen LogP contribution is 2.30. The Kier molecular flexibility index (Phi) is 5.80. The zero-order valence-corrected chi connectivity index (χ0v) is 13.6. The second-order valence-electron chi connectivity index (χ2n) is 5.90. The smallest absolute Gasteiger partial charge is 0.187 e. The number of anilines is 1. The van der Waals surface area contributed by atoms with Gasteiger partial charge in [0.15, 0.2) is 5.78 Å². The van der Waals surface area contributed by atoms with E-state index in [-0.39, 0.29) is 11.8 Å². The quantitative estimate of drug-likeness (QED) is 0.791. The average Bonchev–Trinajstić information content (AvgIpc) is 2.82. The molecule has 1 aliphatic rings. The summed E-state index contributed by atoms with van der Waals surface area (Å²) in [6, 6.07) is 6.19. The number of fused-ring (bicyclic) bond motifs is 1. The molecule has 3 heteroatoms. The van der Waals surface area contributed by atoms with Gasteiger partial charge >= 0.3 is 0 Å². The fourth-order valence-electron chi connectivity index (χ4n) is 3.18. The highest BCUT2D eigenvalue weighted by Gasteiger charge is 2.30. The highest BCUT2D eigenvalue weighted by molar-refractivity contribution is 6.11. The maximum Gasteiger partial charge on any atom is 0.187 e. The van der Waals surface area contributed by atoms with Crippen LogP contribution in [0, 0.1) is 0 Å². The van der Waals surface area contributed by atoms with E-state index in [0.29, 0.717) is 0 Å². The summed E-state index contributed by atoms with van der Waals surface area (Å²) in [5.74, 6) is 0.278. The Hall–Kier alpha value is -1.35. The Morgan fingerprint density at radius 2 is 1.81 bits per heavy atom. The maximum absolute atomic E-state index is 12.5. The van der Waals surface area contributed by atoms with Crippen LogP contribution in [0.25, 0.3) is 0 Å². The number of ketones is 1. The molecule has 0 aromatic heterocycles. The van der Waals surface area contributed by atoms with Crippen LogP contribution < -0.4 is 5.32 Å². The van der Waals surface area contributed by atoms with Gasteiger partial charge in [0.25, 0.3) is 0 Å². The van der Waals surface area contributed by atoms with Crippen molar-refractivity contribution in [3.63, 3.8) is 0 Å². The van der Waals surface area contributed by atoms with Crippen LogP contribution in [0.4, 0.5) is 5.69 Å². The zero-order valence-electron chi connectivity index (χ0n) is 13.6. The van der Waals surface area contributed by atoms with Crippen LogP contribution in [0.15, 0.2) is 18.2 Å². The Morgan fingerprint density at radius 3 is 2.43 bits per heavy atom. The van der Waals surface area contributed by atoms with E-state index >= 15 is 0 Å². The third-order valence-corrected chi connectivity index (χ3v) is 4.23. The van der Waals surface area contributed by atoms with Crippen LogP contribution in [-0.4, -0.2) is 36.4 Å². The molecule has 1 aromatic carbocycles. The lowest BCUT2D eigenvalue weighted by Gasteiger charge is -2.21. The van der Waals surface area contributed by atoms with Crippen molar-refractivity contribution in [1.29, 1.82) is 0 Å². The van der Waals surface area contributed by atoms with Gasteiger partial charge in [0, 0.05) is 17.8 Å². The average molecular weight is 288 g/mol. The number of benzene rings is 1. The van der Waals surface area contributed by atoms with Crippen LogP contribution in [0.2, 0.25) is 0 Å². The normalized spacial score (nSPS) is 17.1. The van der Waals surface area contributed by atoms with Crippen molar-refractivity contribution >= 4 is 11.5 Å². The molecule has 0 amide bonds. The van der Waals surface area contributed by atoms with Crippen molar-refractivity contribution in [3.8, 4) is 0 Å². The van der Waals surface area contributed by atoms with Gasteiger partial charge in [-0.2, -0.15) is 0 Å². The van der Waals surface area contributed by atoms with E-state index in [0.717, 1.165) is 43.7 Å². The van der Waals surface area contributed by atoms with Gasteiger partial charge in [0.05, 0.1) is 6.04 Å². The van der Waals surface area contributed by atoms with Crippen molar-refractivity contribution in [1.82, 2.24) is 4.90 Å². The number of nitrogens with one attached hydrogen (secondary N) is 1. The van der Waals surface area contributed by atoms with Crippen LogP contribution in [0.3, 0.4) is 0 Å². The molecule has 0 saturated carbocycles. The Balaban J connectivity index is 2.09.